The number of aromatic nitrogens is 2. The van der Waals surface area contributed by atoms with Gasteiger partial charge in [0.15, 0.2) is 0 Å². The van der Waals surface area contributed by atoms with Crippen molar-refractivity contribution in [2.75, 3.05) is 0 Å². The average molecular weight is 557 g/mol. The smallest absolute Gasteiger partial charge is 0.309 e. The summed E-state index contributed by atoms with van der Waals surface area (Å²) in [6, 6.07) is 24.9. The van der Waals surface area contributed by atoms with Crippen molar-refractivity contribution in [3.63, 3.8) is 0 Å². The Bertz CT molecular complexity index is 1950. The lowest BCUT2D eigenvalue weighted by atomic mass is 9.98. The summed E-state index contributed by atoms with van der Waals surface area (Å²) in [6.07, 6.45) is -6.66. The predicted octanol–water partition coefficient (Wildman–Crippen LogP) is 9.42. The van der Waals surface area contributed by atoms with E-state index in [0.29, 0.717) is 16.8 Å². The lowest BCUT2D eigenvalue weighted by Crippen LogP contribution is -2.11. The molecule has 0 fully saturated rings. The van der Waals surface area contributed by atoms with Gasteiger partial charge in [-0.2, -0.15) is 31.6 Å². The predicted molar refractivity (Wildman–Crippen MR) is 144 cm³/mol. The van der Waals surface area contributed by atoms with Crippen LogP contribution in [0.3, 0.4) is 0 Å². The van der Waals surface area contributed by atoms with E-state index in [-0.39, 0.29) is 17.2 Å². The number of hydrogen-bond donors (Lipinski definition) is 0. The van der Waals surface area contributed by atoms with Crippen LogP contribution in [0.15, 0.2) is 103 Å². The van der Waals surface area contributed by atoms with Gasteiger partial charge in [-0.3, -0.25) is 4.98 Å². The van der Waals surface area contributed by atoms with Crippen molar-refractivity contribution < 1.29 is 26.3 Å². The molecule has 0 spiro atoms. The molecule has 0 saturated heterocycles. The zero-order chi connectivity index (χ0) is 28.9. The number of nitriles is 1. The third-order valence-electron chi connectivity index (χ3n) is 6.91. The maximum absolute atomic E-state index is 13.6. The lowest BCUT2D eigenvalue weighted by molar-refractivity contribution is -0.143. The van der Waals surface area contributed by atoms with E-state index in [9.17, 15) is 31.6 Å². The van der Waals surface area contributed by atoms with E-state index >= 15 is 0 Å². The second-order valence-corrected chi connectivity index (χ2v) is 9.50. The van der Waals surface area contributed by atoms with Gasteiger partial charge in [-0.05, 0) is 82.9 Å². The van der Waals surface area contributed by atoms with Crippen LogP contribution in [-0.4, -0.2) is 9.55 Å². The zero-order valence-electron chi connectivity index (χ0n) is 20.9. The maximum Gasteiger partial charge on any atom is 0.416 e. The third-order valence-corrected chi connectivity index (χ3v) is 6.91. The topological polar surface area (TPSA) is 41.6 Å². The molecule has 0 unspecified atom stereocenters. The van der Waals surface area contributed by atoms with Gasteiger partial charge >= 0.3 is 12.4 Å². The summed E-state index contributed by atoms with van der Waals surface area (Å²) in [4.78, 5) is 4.04. The minimum atomic E-state index is -4.96. The quantitative estimate of drug-likeness (QED) is 0.204. The lowest BCUT2D eigenvalue weighted by Gasteiger charge is -2.15. The molecule has 0 aliphatic rings. The van der Waals surface area contributed by atoms with E-state index in [0.717, 1.165) is 39.5 Å². The second-order valence-electron chi connectivity index (χ2n) is 9.50. The Balaban J connectivity index is 1.64. The standard InChI is InChI=1S/C32H17F6N3/c33-31(34,35)24-13-23(14-25(17-24)32(36,37)38)21-5-6-28-27-3-1-2-4-29(27)41(30(28)16-21)26-12-19(18-39)11-22(15-26)20-7-9-40-10-8-20/h1-17H. The fraction of sp³-hybridized carbons (Fsp3) is 0.0625. The molecule has 6 rings (SSSR count). The highest BCUT2D eigenvalue weighted by Gasteiger charge is 2.37. The molecule has 0 saturated carbocycles. The molecule has 0 radical (unpaired) electrons. The van der Waals surface area contributed by atoms with Gasteiger partial charge in [-0.15, -0.1) is 0 Å². The molecular formula is C32H17F6N3. The van der Waals surface area contributed by atoms with E-state index in [1.807, 2.05) is 34.9 Å². The highest BCUT2D eigenvalue weighted by Crippen LogP contribution is 2.41. The minimum Gasteiger partial charge on any atom is -0.309 e. The Morgan fingerprint density at radius 3 is 1.88 bits per heavy atom. The first-order valence-electron chi connectivity index (χ1n) is 12.3. The van der Waals surface area contributed by atoms with Gasteiger partial charge in [-0.25, -0.2) is 0 Å². The fourth-order valence-corrected chi connectivity index (χ4v) is 5.07. The fourth-order valence-electron chi connectivity index (χ4n) is 5.07. The van der Waals surface area contributed by atoms with E-state index in [4.69, 9.17) is 0 Å². The van der Waals surface area contributed by atoms with Crippen LogP contribution in [0.2, 0.25) is 0 Å². The van der Waals surface area contributed by atoms with E-state index in [1.165, 1.54) is 6.07 Å². The monoisotopic (exact) mass is 557 g/mol. The first-order chi connectivity index (χ1) is 19.5. The Hall–Kier alpha value is -5.10. The number of benzene rings is 4. The van der Waals surface area contributed by atoms with Gasteiger partial charge in [0.2, 0.25) is 0 Å². The second kappa shape index (κ2) is 9.52. The summed E-state index contributed by atoms with van der Waals surface area (Å²) in [7, 11) is 0. The molecule has 0 atom stereocenters. The molecule has 6 aromatic rings. The zero-order valence-corrected chi connectivity index (χ0v) is 20.9. The van der Waals surface area contributed by atoms with Crippen LogP contribution in [0.5, 0.6) is 0 Å². The molecule has 9 heteroatoms. The van der Waals surface area contributed by atoms with Crippen LogP contribution < -0.4 is 0 Å². The van der Waals surface area contributed by atoms with Crippen molar-refractivity contribution in [2.45, 2.75) is 12.4 Å². The first-order valence-corrected chi connectivity index (χ1v) is 12.3. The number of hydrogen-bond acceptors (Lipinski definition) is 2. The highest BCUT2D eigenvalue weighted by molar-refractivity contribution is 6.10. The molecule has 0 amide bonds. The Kier molecular flexibility index (Phi) is 6.07. The maximum atomic E-state index is 13.6. The molecule has 3 nitrogen and oxygen atoms in total. The average Bonchev–Trinajstić information content (AvgIpc) is 3.30. The minimum absolute atomic E-state index is 0.118. The molecular weight excluding hydrogens is 540 g/mol. The largest absolute Gasteiger partial charge is 0.416 e. The van der Waals surface area contributed by atoms with Crippen LogP contribution in [0.25, 0.3) is 49.7 Å². The van der Waals surface area contributed by atoms with Crippen LogP contribution in [0, 0.1) is 11.3 Å². The molecule has 2 heterocycles. The molecule has 202 valence electrons. The van der Waals surface area contributed by atoms with E-state index < -0.39 is 23.5 Å². The van der Waals surface area contributed by atoms with Gasteiger partial charge in [0.05, 0.1) is 33.8 Å². The Morgan fingerprint density at radius 1 is 0.585 bits per heavy atom. The van der Waals surface area contributed by atoms with Gasteiger partial charge in [0.1, 0.15) is 0 Å². The van der Waals surface area contributed by atoms with Crippen LogP contribution in [0.1, 0.15) is 16.7 Å². The van der Waals surface area contributed by atoms with Crippen molar-refractivity contribution in [2.24, 2.45) is 0 Å². The number of halogens is 6. The summed E-state index contributed by atoms with van der Waals surface area (Å²) in [5.74, 6) is 0. The number of nitrogens with zero attached hydrogens (tertiary/aromatic N) is 3. The highest BCUT2D eigenvalue weighted by atomic mass is 19.4. The van der Waals surface area contributed by atoms with Gasteiger partial charge in [-0.1, -0.05) is 30.3 Å². The number of para-hydroxylation sites is 1. The molecule has 0 bridgehead atoms. The van der Waals surface area contributed by atoms with E-state index in [2.05, 4.69) is 11.1 Å². The van der Waals surface area contributed by atoms with Gasteiger partial charge < -0.3 is 4.57 Å². The summed E-state index contributed by atoms with van der Waals surface area (Å²) >= 11 is 0. The van der Waals surface area contributed by atoms with Crippen molar-refractivity contribution in [3.05, 3.63) is 120 Å². The Morgan fingerprint density at radius 2 is 1.22 bits per heavy atom. The van der Waals surface area contributed by atoms with Crippen molar-refractivity contribution in [1.82, 2.24) is 9.55 Å². The summed E-state index contributed by atoms with van der Waals surface area (Å²) in [5, 5.41) is 11.4. The Labute approximate surface area is 229 Å². The molecule has 0 aliphatic carbocycles. The number of rotatable bonds is 3. The van der Waals surface area contributed by atoms with Crippen molar-refractivity contribution in [3.8, 4) is 34.0 Å². The number of pyridine rings is 1. The van der Waals surface area contributed by atoms with Gasteiger partial charge in [0, 0.05) is 28.9 Å². The normalized spacial score (nSPS) is 12.1. The van der Waals surface area contributed by atoms with E-state index in [1.54, 1.807) is 48.8 Å². The summed E-state index contributed by atoms with van der Waals surface area (Å²) in [5.41, 5.74) is 1.08. The van der Waals surface area contributed by atoms with Gasteiger partial charge in [0.25, 0.3) is 0 Å². The van der Waals surface area contributed by atoms with Crippen molar-refractivity contribution >= 4 is 21.8 Å². The number of alkyl halides is 6. The summed E-state index contributed by atoms with van der Waals surface area (Å²) in [6.45, 7) is 0. The third kappa shape index (κ3) is 4.78. The molecule has 41 heavy (non-hydrogen) atoms. The van der Waals surface area contributed by atoms with Crippen LogP contribution in [0.4, 0.5) is 26.3 Å². The molecule has 2 aromatic heterocycles. The van der Waals surface area contributed by atoms with Crippen molar-refractivity contribution in [1.29, 1.82) is 5.26 Å². The SMILES string of the molecule is N#Cc1cc(-c2ccncc2)cc(-n2c3ccccc3c3ccc(-c4cc(C(F)(F)F)cc(C(F)(F)F)c4)cc32)c1. The van der Waals surface area contributed by atoms with Crippen LogP contribution >= 0.6 is 0 Å². The molecule has 4 aromatic carbocycles. The van der Waals surface area contributed by atoms with Crippen LogP contribution in [-0.2, 0) is 12.4 Å². The molecule has 0 N–H and O–H groups in total. The first kappa shape index (κ1) is 26.1. The summed E-state index contributed by atoms with van der Waals surface area (Å²) < 4.78 is 83.3. The number of fused-ring (bicyclic) bond motifs is 3. The molecule has 0 aliphatic heterocycles.